The number of carbonyl (C=O) groups excluding carboxylic acids is 3. The van der Waals surface area contributed by atoms with Crippen LogP contribution in [0.5, 0.6) is 0 Å². The largest absolute Gasteiger partial charge is 0.445 e. The summed E-state index contributed by atoms with van der Waals surface area (Å²) in [5.41, 5.74) is 2.19. The van der Waals surface area contributed by atoms with Gasteiger partial charge in [-0.15, -0.1) is 0 Å². The molecule has 0 unspecified atom stereocenters. The fourth-order valence-electron chi connectivity index (χ4n) is 3.01. The Morgan fingerprint density at radius 3 is 1.87 bits per heavy atom. The molecule has 3 rings (SSSR count). The Morgan fingerprint density at radius 2 is 1.27 bits per heavy atom. The van der Waals surface area contributed by atoms with Crippen LogP contribution < -0.4 is 5.32 Å². The van der Waals surface area contributed by atoms with Gasteiger partial charge in [-0.2, -0.15) is 0 Å². The number of ether oxygens (including phenoxy) is 1. The van der Waals surface area contributed by atoms with Gasteiger partial charge in [0, 0.05) is 5.56 Å². The molecule has 1 N–H and O–H groups in total. The molecule has 0 aromatic heterocycles. The number of alkyl carbamates (subject to hydrolysis) is 1. The molecule has 1 atom stereocenters. The van der Waals surface area contributed by atoms with Crippen molar-refractivity contribution in [2.75, 3.05) is 0 Å². The molecule has 30 heavy (non-hydrogen) atoms. The van der Waals surface area contributed by atoms with Gasteiger partial charge >= 0.3 is 6.09 Å². The minimum atomic E-state index is -0.858. The van der Waals surface area contributed by atoms with E-state index in [-0.39, 0.29) is 31.0 Å². The summed E-state index contributed by atoms with van der Waals surface area (Å²) in [4.78, 5) is 37.6. The first-order chi connectivity index (χ1) is 14.6. The van der Waals surface area contributed by atoms with Crippen molar-refractivity contribution in [2.45, 2.75) is 25.5 Å². The Labute approximate surface area is 175 Å². The van der Waals surface area contributed by atoms with Gasteiger partial charge in [0.15, 0.2) is 11.6 Å². The SMILES string of the molecule is O=C(N[C@@H](Cc1ccccc1)C(=O)CC(=O)c1ccccc1)OCc1ccccc1. The molecule has 0 spiro atoms. The lowest BCUT2D eigenvalue weighted by molar-refractivity contribution is -0.120. The van der Waals surface area contributed by atoms with Crippen molar-refractivity contribution in [3.8, 4) is 0 Å². The fraction of sp³-hybridized carbons (Fsp3) is 0.160. The van der Waals surface area contributed by atoms with Gasteiger partial charge in [-0.05, 0) is 17.5 Å². The highest BCUT2D eigenvalue weighted by atomic mass is 16.5. The number of rotatable bonds is 9. The van der Waals surface area contributed by atoms with E-state index in [0.29, 0.717) is 5.56 Å². The number of amides is 1. The lowest BCUT2D eigenvalue weighted by Crippen LogP contribution is -2.43. The van der Waals surface area contributed by atoms with Crippen LogP contribution in [-0.4, -0.2) is 23.7 Å². The third-order valence-electron chi connectivity index (χ3n) is 4.61. The summed E-state index contributed by atoms with van der Waals surface area (Å²) >= 11 is 0. The monoisotopic (exact) mass is 401 g/mol. The highest BCUT2D eigenvalue weighted by Crippen LogP contribution is 2.10. The zero-order valence-corrected chi connectivity index (χ0v) is 16.5. The van der Waals surface area contributed by atoms with Crippen LogP contribution in [-0.2, 0) is 22.6 Å². The molecule has 5 heteroatoms. The number of hydrogen-bond acceptors (Lipinski definition) is 4. The molecule has 3 aromatic carbocycles. The highest BCUT2D eigenvalue weighted by molar-refractivity contribution is 6.09. The molecule has 0 radical (unpaired) electrons. The first-order valence-electron chi connectivity index (χ1n) is 9.74. The van der Waals surface area contributed by atoms with E-state index >= 15 is 0 Å². The summed E-state index contributed by atoms with van der Waals surface area (Å²) in [5, 5.41) is 2.63. The van der Waals surface area contributed by atoms with Crippen LogP contribution in [0.4, 0.5) is 4.79 Å². The van der Waals surface area contributed by atoms with E-state index in [4.69, 9.17) is 4.74 Å². The molecular formula is C25H23NO4. The molecule has 0 aliphatic rings. The summed E-state index contributed by atoms with van der Waals surface area (Å²) in [5.74, 6) is -0.637. The maximum atomic E-state index is 12.8. The van der Waals surface area contributed by atoms with Gasteiger partial charge in [-0.25, -0.2) is 4.79 Å². The average molecular weight is 401 g/mol. The molecule has 0 saturated carbocycles. The average Bonchev–Trinajstić information content (AvgIpc) is 2.79. The predicted octanol–water partition coefficient (Wildman–Crippen LogP) is 4.37. The van der Waals surface area contributed by atoms with Crippen LogP contribution in [0.1, 0.15) is 27.9 Å². The summed E-state index contributed by atoms with van der Waals surface area (Å²) in [6.45, 7) is 0.0991. The quantitative estimate of drug-likeness (QED) is 0.427. The third kappa shape index (κ3) is 6.41. The molecule has 152 valence electrons. The van der Waals surface area contributed by atoms with Crippen LogP contribution >= 0.6 is 0 Å². The molecule has 0 aliphatic heterocycles. The molecule has 0 bridgehead atoms. The van der Waals surface area contributed by atoms with Crippen molar-refractivity contribution < 1.29 is 19.1 Å². The number of nitrogens with one attached hydrogen (secondary N) is 1. The van der Waals surface area contributed by atoms with Gasteiger partial charge in [-0.1, -0.05) is 91.0 Å². The Hall–Kier alpha value is -3.73. The summed E-state index contributed by atoms with van der Waals surface area (Å²) in [6.07, 6.45) is -0.705. The maximum absolute atomic E-state index is 12.8. The molecule has 5 nitrogen and oxygen atoms in total. The van der Waals surface area contributed by atoms with Gasteiger partial charge in [0.25, 0.3) is 0 Å². The van der Waals surface area contributed by atoms with E-state index in [1.54, 1.807) is 30.3 Å². The topological polar surface area (TPSA) is 72.5 Å². The Balaban J connectivity index is 1.65. The lowest BCUT2D eigenvalue weighted by atomic mass is 9.97. The van der Waals surface area contributed by atoms with Crippen LogP contribution in [0.2, 0.25) is 0 Å². The summed E-state index contributed by atoms with van der Waals surface area (Å²) < 4.78 is 5.25. The molecule has 0 aliphatic carbocycles. The van der Waals surface area contributed by atoms with Crippen LogP contribution in [0.15, 0.2) is 91.0 Å². The molecule has 0 saturated heterocycles. The van der Waals surface area contributed by atoms with E-state index in [9.17, 15) is 14.4 Å². The predicted molar refractivity (Wildman–Crippen MR) is 114 cm³/mol. The molecular weight excluding hydrogens is 378 g/mol. The number of carbonyl (C=O) groups is 3. The van der Waals surface area contributed by atoms with Crippen molar-refractivity contribution >= 4 is 17.7 Å². The van der Waals surface area contributed by atoms with E-state index < -0.39 is 12.1 Å². The first-order valence-corrected chi connectivity index (χ1v) is 9.74. The van der Waals surface area contributed by atoms with E-state index in [1.165, 1.54) is 0 Å². The van der Waals surface area contributed by atoms with Crippen LogP contribution in [0.3, 0.4) is 0 Å². The van der Waals surface area contributed by atoms with Crippen molar-refractivity contribution in [1.29, 1.82) is 0 Å². The standard InChI is InChI=1S/C25H23NO4/c27-23(21-14-8-3-9-15-21)17-24(28)22(16-19-10-4-1-5-11-19)26-25(29)30-18-20-12-6-2-7-13-20/h1-15,22H,16-18H2,(H,26,29)/t22-/m0/s1. The first kappa shape index (κ1) is 21.0. The number of Topliss-reactive ketones (excluding diaryl/α,β-unsaturated/α-hetero) is 2. The number of benzene rings is 3. The van der Waals surface area contributed by atoms with Crippen LogP contribution in [0, 0.1) is 0 Å². The Kier molecular flexibility index (Phi) is 7.50. The Bertz CT molecular complexity index is 972. The third-order valence-corrected chi connectivity index (χ3v) is 4.61. The van der Waals surface area contributed by atoms with Gasteiger partial charge < -0.3 is 10.1 Å². The van der Waals surface area contributed by atoms with Crippen LogP contribution in [0.25, 0.3) is 0 Å². The van der Waals surface area contributed by atoms with E-state index in [1.807, 2.05) is 60.7 Å². The Morgan fingerprint density at radius 1 is 0.733 bits per heavy atom. The highest BCUT2D eigenvalue weighted by Gasteiger charge is 2.24. The van der Waals surface area contributed by atoms with E-state index in [0.717, 1.165) is 11.1 Å². The second-order valence-electron chi connectivity index (χ2n) is 6.88. The number of ketones is 2. The van der Waals surface area contributed by atoms with Crippen molar-refractivity contribution in [3.63, 3.8) is 0 Å². The minimum absolute atomic E-state index is 0.0991. The van der Waals surface area contributed by atoms with Gasteiger partial charge in [0.05, 0.1) is 12.5 Å². The van der Waals surface area contributed by atoms with Crippen molar-refractivity contribution in [1.82, 2.24) is 5.32 Å². The molecule has 1 amide bonds. The summed E-state index contributed by atoms with van der Waals surface area (Å²) in [7, 11) is 0. The lowest BCUT2D eigenvalue weighted by Gasteiger charge is -2.18. The summed E-state index contributed by atoms with van der Waals surface area (Å²) in [6, 6.07) is 26.4. The smallest absolute Gasteiger partial charge is 0.408 e. The zero-order valence-electron chi connectivity index (χ0n) is 16.5. The maximum Gasteiger partial charge on any atom is 0.408 e. The van der Waals surface area contributed by atoms with Crippen molar-refractivity contribution in [2.24, 2.45) is 0 Å². The number of hydrogen-bond donors (Lipinski definition) is 1. The molecule has 0 heterocycles. The second-order valence-corrected chi connectivity index (χ2v) is 6.88. The minimum Gasteiger partial charge on any atom is -0.445 e. The van der Waals surface area contributed by atoms with Gasteiger partial charge in [-0.3, -0.25) is 9.59 Å². The second kappa shape index (κ2) is 10.7. The normalized spacial score (nSPS) is 11.3. The zero-order chi connectivity index (χ0) is 21.2. The fourth-order valence-corrected chi connectivity index (χ4v) is 3.01. The molecule has 3 aromatic rings. The van der Waals surface area contributed by atoms with Gasteiger partial charge in [0.2, 0.25) is 0 Å². The van der Waals surface area contributed by atoms with Crippen molar-refractivity contribution in [3.05, 3.63) is 108 Å². The van der Waals surface area contributed by atoms with E-state index in [2.05, 4.69) is 5.32 Å². The molecule has 0 fully saturated rings. The van der Waals surface area contributed by atoms with Gasteiger partial charge in [0.1, 0.15) is 6.61 Å².